The number of benzene rings is 3. The summed E-state index contributed by atoms with van der Waals surface area (Å²) < 4.78 is 10.9. The lowest BCUT2D eigenvalue weighted by atomic mass is 9.73. The average Bonchev–Trinajstić information content (AvgIpc) is 2.93. The molecule has 0 saturated heterocycles. The third kappa shape index (κ3) is 5.80. The van der Waals surface area contributed by atoms with E-state index in [2.05, 4.69) is 30.3 Å². The number of carbonyl (C=O) groups excluding carboxylic acids is 2. The van der Waals surface area contributed by atoms with Crippen LogP contribution in [-0.4, -0.2) is 25.2 Å². The first kappa shape index (κ1) is 25.9. The molecule has 0 heterocycles. The highest BCUT2D eigenvalue weighted by Crippen LogP contribution is 2.44. The number of hydrogen-bond donors (Lipinski definition) is 0. The molecule has 3 aromatic carbocycles. The summed E-state index contributed by atoms with van der Waals surface area (Å²) in [5.74, 6) is -1.44. The number of esters is 2. The maximum Gasteiger partial charge on any atom is 0.335 e. The molecule has 0 radical (unpaired) electrons. The smallest absolute Gasteiger partial charge is 0.335 e. The van der Waals surface area contributed by atoms with Crippen LogP contribution in [0.4, 0.5) is 0 Å². The van der Waals surface area contributed by atoms with E-state index in [1.54, 1.807) is 13.8 Å². The zero-order chi connectivity index (χ0) is 26.2. The molecule has 188 valence electrons. The highest BCUT2D eigenvalue weighted by Gasteiger charge is 2.37. The maximum absolute atomic E-state index is 13.4. The molecule has 0 N–H and O–H groups in total. The lowest BCUT2D eigenvalue weighted by Gasteiger charge is -2.30. The first-order valence-electron chi connectivity index (χ1n) is 12.7. The predicted molar refractivity (Wildman–Crippen MR) is 147 cm³/mol. The first-order chi connectivity index (χ1) is 18.0. The van der Waals surface area contributed by atoms with Gasteiger partial charge in [0.15, 0.2) is 0 Å². The van der Waals surface area contributed by atoms with Crippen molar-refractivity contribution >= 4 is 17.5 Å². The van der Waals surface area contributed by atoms with Crippen molar-refractivity contribution in [3.8, 4) is 0 Å². The molecular weight excluding hydrogens is 460 g/mol. The molecule has 1 atom stereocenters. The molecule has 0 spiro atoms. The highest BCUT2D eigenvalue weighted by molar-refractivity contribution is 6.03. The largest absolute Gasteiger partial charge is 0.463 e. The van der Waals surface area contributed by atoms with Crippen LogP contribution >= 0.6 is 0 Å². The number of hydrogen-bond acceptors (Lipinski definition) is 4. The van der Waals surface area contributed by atoms with Gasteiger partial charge in [-0.05, 0) is 54.7 Å². The van der Waals surface area contributed by atoms with Crippen molar-refractivity contribution in [3.63, 3.8) is 0 Å². The van der Waals surface area contributed by atoms with Crippen LogP contribution in [0, 0.1) is 0 Å². The van der Waals surface area contributed by atoms with Crippen molar-refractivity contribution in [1.82, 2.24) is 0 Å². The zero-order valence-corrected chi connectivity index (χ0v) is 21.6. The van der Waals surface area contributed by atoms with Gasteiger partial charge in [-0.3, -0.25) is 0 Å². The van der Waals surface area contributed by atoms with Gasteiger partial charge in [-0.15, -0.1) is 0 Å². The molecule has 4 rings (SSSR count). The predicted octanol–water partition coefficient (Wildman–Crippen LogP) is 7.05. The fourth-order valence-corrected chi connectivity index (χ4v) is 4.81. The van der Waals surface area contributed by atoms with Crippen LogP contribution in [0.25, 0.3) is 5.57 Å². The summed E-state index contributed by atoms with van der Waals surface area (Å²) in [4.78, 5) is 26.5. The molecular formula is C33H32O4. The topological polar surface area (TPSA) is 52.6 Å². The van der Waals surface area contributed by atoms with Gasteiger partial charge >= 0.3 is 11.9 Å². The number of carbonyl (C=O) groups is 2. The molecule has 0 amide bonds. The SMILES string of the molecule is CCOC(=O)C1=C(C(=O)OCC)C(c2ccccc2)C(C=C(c2ccccc2)c2ccccc2)=C(C)C1. The monoisotopic (exact) mass is 492 g/mol. The molecule has 1 aliphatic carbocycles. The van der Waals surface area contributed by atoms with Gasteiger partial charge in [0, 0.05) is 12.3 Å². The van der Waals surface area contributed by atoms with Crippen molar-refractivity contribution in [2.75, 3.05) is 13.2 Å². The van der Waals surface area contributed by atoms with Gasteiger partial charge in [0.2, 0.25) is 0 Å². The van der Waals surface area contributed by atoms with Crippen LogP contribution < -0.4 is 0 Å². The molecule has 3 aromatic rings. The third-order valence-corrected chi connectivity index (χ3v) is 6.48. The first-order valence-corrected chi connectivity index (χ1v) is 12.7. The average molecular weight is 493 g/mol. The van der Waals surface area contributed by atoms with Crippen molar-refractivity contribution in [2.24, 2.45) is 0 Å². The quantitative estimate of drug-likeness (QED) is 0.316. The van der Waals surface area contributed by atoms with Crippen molar-refractivity contribution < 1.29 is 19.1 Å². The molecule has 0 fully saturated rings. The Labute approximate surface area is 218 Å². The number of rotatable bonds is 8. The van der Waals surface area contributed by atoms with Crippen LogP contribution in [0.2, 0.25) is 0 Å². The van der Waals surface area contributed by atoms with Gasteiger partial charge in [-0.1, -0.05) is 96.6 Å². The van der Waals surface area contributed by atoms with E-state index in [-0.39, 0.29) is 13.2 Å². The molecule has 0 saturated carbocycles. The molecule has 1 unspecified atom stereocenters. The molecule has 4 heteroatoms. The van der Waals surface area contributed by atoms with E-state index in [0.717, 1.165) is 33.4 Å². The summed E-state index contributed by atoms with van der Waals surface area (Å²) in [6.45, 7) is 6.01. The van der Waals surface area contributed by atoms with E-state index in [0.29, 0.717) is 17.6 Å². The Morgan fingerprint density at radius 2 is 1.24 bits per heavy atom. The van der Waals surface area contributed by atoms with Crippen LogP contribution in [0.1, 0.15) is 49.8 Å². The van der Waals surface area contributed by atoms with E-state index in [1.165, 1.54) is 0 Å². The molecule has 0 aromatic heterocycles. The van der Waals surface area contributed by atoms with Crippen molar-refractivity contribution in [3.05, 3.63) is 136 Å². The second-order valence-electron chi connectivity index (χ2n) is 8.88. The van der Waals surface area contributed by atoms with E-state index in [1.807, 2.05) is 73.7 Å². The summed E-state index contributed by atoms with van der Waals surface area (Å²) in [5, 5.41) is 0. The summed E-state index contributed by atoms with van der Waals surface area (Å²) >= 11 is 0. The van der Waals surface area contributed by atoms with Crippen LogP contribution in [-0.2, 0) is 19.1 Å². The summed E-state index contributed by atoms with van der Waals surface area (Å²) in [6.07, 6.45) is 2.48. The lowest BCUT2D eigenvalue weighted by molar-refractivity contribution is -0.142. The second-order valence-corrected chi connectivity index (χ2v) is 8.88. The van der Waals surface area contributed by atoms with Gasteiger partial charge in [-0.25, -0.2) is 9.59 Å². The molecule has 37 heavy (non-hydrogen) atoms. The fourth-order valence-electron chi connectivity index (χ4n) is 4.81. The molecule has 1 aliphatic rings. The molecule has 0 aliphatic heterocycles. The van der Waals surface area contributed by atoms with Crippen molar-refractivity contribution in [1.29, 1.82) is 0 Å². The minimum atomic E-state index is -0.487. The lowest BCUT2D eigenvalue weighted by Crippen LogP contribution is -2.26. The Hall–Kier alpha value is -4.18. The number of ether oxygens (including phenoxy) is 2. The van der Waals surface area contributed by atoms with E-state index in [4.69, 9.17) is 9.47 Å². The Kier molecular flexibility index (Phi) is 8.52. The van der Waals surface area contributed by atoms with Crippen LogP contribution in [0.15, 0.2) is 119 Å². The minimum absolute atomic E-state index is 0.215. The van der Waals surface area contributed by atoms with Crippen LogP contribution in [0.3, 0.4) is 0 Å². The maximum atomic E-state index is 13.4. The van der Waals surface area contributed by atoms with Gasteiger partial charge in [0.25, 0.3) is 0 Å². The minimum Gasteiger partial charge on any atom is -0.463 e. The van der Waals surface area contributed by atoms with E-state index < -0.39 is 17.9 Å². The van der Waals surface area contributed by atoms with E-state index in [9.17, 15) is 9.59 Å². The van der Waals surface area contributed by atoms with Gasteiger partial charge in [0.1, 0.15) is 0 Å². The highest BCUT2D eigenvalue weighted by atomic mass is 16.5. The molecule has 0 bridgehead atoms. The Balaban J connectivity index is 1.98. The van der Waals surface area contributed by atoms with Gasteiger partial charge < -0.3 is 9.47 Å². The van der Waals surface area contributed by atoms with E-state index >= 15 is 0 Å². The summed E-state index contributed by atoms with van der Waals surface area (Å²) in [7, 11) is 0. The normalized spacial score (nSPS) is 15.3. The fraction of sp³-hybridized carbons (Fsp3) is 0.212. The van der Waals surface area contributed by atoms with Crippen molar-refractivity contribution in [2.45, 2.75) is 33.1 Å². The number of allylic oxidation sites excluding steroid dienone is 3. The Bertz CT molecular complexity index is 1290. The Morgan fingerprint density at radius 3 is 1.76 bits per heavy atom. The summed E-state index contributed by atoms with van der Waals surface area (Å²) in [6, 6.07) is 30.2. The molecule has 4 nitrogen and oxygen atoms in total. The third-order valence-electron chi connectivity index (χ3n) is 6.48. The second kappa shape index (κ2) is 12.2. The Morgan fingerprint density at radius 1 is 0.757 bits per heavy atom. The zero-order valence-electron chi connectivity index (χ0n) is 21.6. The van der Waals surface area contributed by atoms with Gasteiger partial charge in [0.05, 0.1) is 24.4 Å². The standard InChI is InChI=1S/C33H32O4/c1-4-36-32(34)29-21-23(3)27(30(26-19-13-8-14-20-26)31(29)33(35)37-5-2)22-28(24-15-9-6-10-16-24)25-17-11-7-12-18-25/h6-20,22,30H,4-5,21H2,1-3H3. The van der Waals surface area contributed by atoms with Gasteiger partial charge in [-0.2, -0.15) is 0 Å². The summed E-state index contributed by atoms with van der Waals surface area (Å²) in [5.41, 5.74) is 6.79. The van der Waals surface area contributed by atoms with Crippen LogP contribution in [0.5, 0.6) is 0 Å².